The molecule has 55 heavy (non-hydrogen) atoms. The molecule has 0 amide bonds. The molecule has 6 heteroatoms. The molecular formula is C49H28N4OS. The van der Waals surface area contributed by atoms with Crippen LogP contribution in [0.1, 0.15) is 0 Å². The highest BCUT2D eigenvalue weighted by molar-refractivity contribution is 7.25. The minimum atomic E-state index is 0.587. The van der Waals surface area contributed by atoms with Crippen LogP contribution in [0.15, 0.2) is 174 Å². The van der Waals surface area contributed by atoms with E-state index in [0.717, 1.165) is 55.3 Å². The maximum atomic E-state index is 6.69. The first-order valence-electron chi connectivity index (χ1n) is 18.4. The van der Waals surface area contributed by atoms with Crippen LogP contribution in [-0.4, -0.2) is 19.5 Å². The highest BCUT2D eigenvalue weighted by atomic mass is 32.1. The summed E-state index contributed by atoms with van der Waals surface area (Å²) >= 11 is 1.79. The molecule has 12 aromatic rings. The van der Waals surface area contributed by atoms with Crippen molar-refractivity contribution in [2.24, 2.45) is 0 Å². The predicted octanol–water partition coefficient (Wildman–Crippen LogP) is 13.4. The van der Waals surface area contributed by atoms with E-state index < -0.39 is 0 Å². The van der Waals surface area contributed by atoms with E-state index in [4.69, 9.17) is 19.4 Å². The summed E-state index contributed by atoms with van der Waals surface area (Å²) in [5.74, 6) is 1.83. The lowest BCUT2D eigenvalue weighted by atomic mass is 10.0. The third-order valence-corrected chi connectivity index (χ3v) is 12.0. The Balaban J connectivity index is 1.18. The molecule has 256 valence electrons. The first-order chi connectivity index (χ1) is 27.2. The fraction of sp³-hybridized carbons (Fsp3) is 0. The zero-order chi connectivity index (χ0) is 36.0. The van der Waals surface area contributed by atoms with Crippen molar-refractivity contribution < 1.29 is 4.42 Å². The second-order valence-electron chi connectivity index (χ2n) is 14.0. The molecule has 0 saturated heterocycles. The summed E-state index contributed by atoms with van der Waals surface area (Å²) in [6.45, 7) is 0. The van der Waals surface area contributed by atoms with Crippen molar-refractivity contribution in [2.75, 3.05) is 0 Å². The van der Waals surface area contributed by atoms with Gasteiger partial charge in [-0.05, 0) is 35.7 Å². The van der Waals surface area contributed by atoms with E-state index in [1.807, 2.05) is 30.3 Å². The Kier molecular flexibility index (Phi) is 6.44. The van der Waals surface area contributed by atoms with E-state index in [1.165, 1.54) is 41.7 Å². The lowest BCUT2D eigenvalue weighted by Crippen LogP contribution is -2.02. The zero-order valence-electron chi connectivity index (χ0n) is 29.3. The number of nitrogens with zero attached hydrogens (tertiary/aromatic N) is 4. The lowest BCUT2D eigenvalue weighted by molar-refractivity contribution is 0.668. The van der Waals surface area contributed by atoms with Crippen LogP contribution >= 0.6 is 11.3 Å². The molecule has 0 N–H and O–H groups in total. The summed E-state index contributed by atoms with van der Waals surface area (Å²) in [4.78, 5) is 15.7. The minimum Gasteiger partial charge on any atom is -0.456 e. The van der Waals surface area contributed by atoms with Crippen molar-refractivity contribution in [2.45, 2.75) is 0 Å². The summed E-state index contributed by atoms with van der Waals surface area (Å²) in [6, 6.07) is 59.6. The number of benzene rings is 8. The van der Waals surface area contributed by atoms with Crippen molar-refractivity contribution in [3.8, 4) is 39.9 Å². The number of para-hydroxylation sites is 2. The second-order valence-corrected chi connectivity index (χ2v) is 15.1. The monoisotopic (exact) mass is 720 g/mol. The Morgan fingerprint density at radius 2 is 1.11 bits per heavy atom. The van der Waals surface area contributed by atoms with Crippen LogP contribution in [0.25, 0.3) is 115 Å². The second kappa shape index (κ2) is 11.7. The number of thiophene rings is 1. The van der Waals surface area contributed by atoms with Crippen LogP contribution in [0.2, 0.25) is 0 Å². The summed E-state index contributed by atoms with van der Waals surface area (Å²) in [5.41, 5.74) is 7.58. The molecule has 0 aliphatic rings. The third-order valence-electron chi connectivity index (χ3n) is 10.8. The van der Waals surface area contributed by atoms with Gasteiger partial charge in [-0.1, -0.05) is 133 Å². The Morgan fingerprint density at radius 3 is 2.00 bits per heavy atom. The lowest BCUT2D eigenvalue weighted by Gasteiger charge is -2.13. The molecule has 0 atom stereocenters. The summed E-state index contributed by atoms with van der Waals surface area (Å²) in [6.07, 6.45) is 0. The van der Waals surface area contributed by atoms with Gasteiger partial charge in [-0.25, -0.2) is 15.0 Å². The largest absolute Gasteiger partial charge is 0.456 e. The SMILES string of the molecule is c1ccc(-c2nc(-c3ccc4c(c3)sc3ccccc34)nc(-c3cc(-n4c5ccccc5c5ccc6ccccc6c54)cc4oc5ccccc5c34)n2)cc1. The number of furan rings is 1. The molecule has 0 fully saturated rings. The van der Waals surface area contributed by atoms with Crippen molar-refractivity contribution in [1.29, 1.82) is 0 Å². The van der Waals surface area contributed by atoms with Gasteiger partial charge in [0.25, 0.3) is 0 Å². The van der Waals surface area contributed by atoms with Crippen molar-refractivity contribution in [3.05, 3.63) is 170 Å². The topological polar surface area (TPSA) is 56.7 Å². The number of fused-ring (bicyclic) bond motifs is 11. The van der Waals surface area contributed by atoms with Gasteiger partial charge in [0.05, 0.1) is 16.7 Å². The summed E-state index contributed by atoms with van der Waals surface area (Å²) in [7, 11) is 0. The van der Waals surface area contributed by atoms with Crippen LogP contribution in [0.3, 0.4) is 0 Å². The highest BCUT2D eigenvalue weighted by Crippen LogP contribution is 2.42. The van der Waals surface area contributed by atoms with Gasteiger partial charge in [0.2, 0.25) is 0 Å². The molecule has 0 spiro atoms. The quantitative estimate of drug-likeness (QED) is 0.182. The smallest absolute Gasteiger partial charge is 0.164 e. The Bertz CT molecular complexity index is 3500. The van der Waals surface area contributed by atoms with E-state index in [-0.39, 0.29) is 0 Å². The van der Waals surface area contributed by atoms with Crippen LogP contribution in [0, 0.1) is 0 Å². The maximum Gasteiger partial charge on any atom is 0.164 e. The first kappa shape index (κ1) is 30.3. The average Bonchev–Trinajstić information content (AvgIpc) is 3.93. The van der Waals surface area contributed by atoms with Crippen LogP contribution in [0.4, 0.5) is 0 Å². The Morgan fingerprint density at radius 1 is 0.436 bits per heavy atom. The highest BCUT2D eigenvalue weighted by Gasteiger charge is 2.22. The molecule has 4 heterocycles. The van der Waals surface area contributed by atoms with Crippen molar-refractivity contribution in [1.82, 2.24) is 19.5 Å². The fourth-order valence-electron chi connectivity index (χ4n) is 8.35. The zero-order valence-corrected chi connectivity index (χ0v) is 30.1. The van der Waals surface area contributed by atoms with Gasteiger partial charge in [0.1, 0.15) is 11.2 Å². The molecule has 8 aromatic carbocycles. The number of hydrogen-bond donors (Lipinski definition) is 0. The van der Waals surface area contributed by atoms with Crippen molar-refractivity contribution >= 4 is 86.0 Å². The van der Waals surface area contributed by atoms with Crippen molar-refractivity contribution in [3.63, 3.8) is 0 Å². The average molecular weight is 721 g/mol. The molecule has 0 aliphatic heterocycles. The van der Waals surface area contributed by atoms with Gasteiger partial charge in [-0.15, -0.1) is 11.3 Å². The van der Waals surface area contributed by atoms with E-state index in [2.05, 4.69) is 144 Å². The fourth-order valence-corrected chi connectivity index (χ4v) is 9.50. The van der Waals surface area contributed by atoms with Gasteiger partial charge in [-0.3, -0.25) is 0 Å². The van der Waals surface area contributed by atoms with Gasteiger partial charge < -0.3 is 8.98 Å². The summed E-state index contributed by atoms with van der Waals surface area (Å²) < 4.78 is 11.5. The van der Waals surface area contributed by atoms with Gasteiger partial charge in [0.15, 0.2) is 17.5 Å². The first-order valence-corrected chi connectivity index (χ1v) is 19.2. The van der Waals surface area contributed by atoms with E-state index in [0.29, 0.717) is 17.5 Å². The van der Waals surface area contributed by atoms with Gasteiger partial charge in [0, 0.05) is 69.9 Å². The van der Waals surface area contributed by atoms with Crippen LogP contribution in [0.5, 0.6) is 0 Å². The predicted molar refractivity (Wildman–Crippen MR) is 228 cm³/mol. The molecule has 0 aliphatic carbocycles. The number of aromatic nitrogens is 4. The molecule has 0 bridgehead atoms. The number of rotatable bonds is 4. The molecule has 5 nitrogen and oxygen atoms in total. The molecule has 4 aromatic heterocycles. The van der Waals surface area contributed by atoms with Crippen LogP contribution < -0.4 is 0 Å². The molecule has 0 saturated carbocycles. The molecular weight excluding hydrogens is 693 g/mol. The van der Waals surface area contributed by atoms with Gasteiger partial charge in [-0.2, -0.15) is 0 Å². The standard InChI is InChI=1S/C49H28N4OS/c1-2-13-30(14-3-1)47-50-48(31-23-24-36-35-17-8-11-21-43(35)55-44(36)26-31)52-49(51-47)39-27-32(28-42-45(39)38-18-7-10-20-41(38)54-42)53-40-19-9-6-16-34(40)37-25-22-29-12-4-5-15-33(29)46(37)53/h1-28H. The van der Waals surface area contributed by atoms with E-state index in [9.17, 15) is 0 Å². The maximum absolute atomic E-state index is 6.69. The number of hydrogen-bond acceptors (Lipinski definition) is 5. The Labute approximate surface area is 318 Å². The third kappa shape index (κ3) is 4.62. The van der Waals surface area contributed by atoms with Gasteiger partial charge >= 0.3 is 0 Å². The molecule has 0 radical (unpaired) electrons. The van der Waals surface area contributed by atoms with Crippen LogP contribution in [-0.2, 0) is 0 Å². The summed E-state index contributed by atoms with van der Waals surface area (Å²) in [5, 5.41) is 9.26. The van der Waals surface area contributed by atoms with E-state index in [1.54, 1.807) is 11.3 Å². The molecule has 12 rings (SSSR count). The minimum absolute atomic E-state index is 0.587. The van der Waals surface area contributed by atoms with E-state index >= 15 is 0 Å². The normalized spacial score (nSPS) is 12.0. The Hall–Kier alpha value is -7.15. The molecule has 0 unspecified atom stereocenters.